The van der Waals surface area contributed by atoms with Gasteiger partial charge in [-0.1, -0.05) is 5.56 Å². The minimum Gasteiger partial charge on any atom is -0.565 e. The predicted molar refractivity (Wildman–Crippen MR) is 91.7 cm³/mol. The Morgan fingerprint density at radius 1 is 1.57 bits per heavy atom. The summed E-state index contributed by atoms with van der Waals surface area (Å²) >= 11 is 3.73. The molecule has 1 fully saturated rings. The van der Waals surface area contributed by atoms with Crippen molar-refractivity contribution in [1.82, 2.24) is 4.90 Å². The van der Waals surface area contributed by atoms with Gasteiger partial charge in [0.05, 0.1) is 23.6 Å². The summed E-state index contributed by atoms with van der Waals surface area (Å²) in [6.45, 7) is 1.52. The Labute approximate surface area is 204 Å². The maximum atomic E-state index is 9.83. The summed E-state index contributed by atoms with van der Waals surface area (Å²) in [7, 11) is 3.48. The zero-order valence-corrected chi connectivity index (χ0v) is 21.5. The molecule has 0 amide bonds. The fourth-order valence-electron chi connectivity index (χ4n) is 2.26. The van der Waals surface area contributed by atoms with E-state index in [1.807, 2.05) is 23.9 Å². The van der Waals surface area contributed by atoms with Crippen molar-refractivity contribution in [3.05, 3.63) is 29.8 Å². The summed E-state index contributed by atoms with van der Waals surface area (Å²) in [4.78, 5) is 16.1. The van der Waals surface area contributed by atoms with Crippen LogP contribution in [0, 0.1) is 6.07 Å². The van der Waals surface area contributed by atoms with Gasteiger partial charge in [-0.3, -0.25) is 14.7 Å². The largest absolute Gasteiger partial charge is 1.00 e. The number of likely N-dealkylation sites (N-methyl/N-ethyl adjacent to an activating group) is 1. The summed E-state index contributed by atoms with van der Waals surface area (Å²) in [5.74, 6) is 2.48. The molecule has 120 valence electrons. The van der Waals surface area contributed by atoms with E-state index >= 15 is 0 Å². The number of methoxy groups -OCH3 is 1. The molecule has 1 aromatic rings. The third kappa shape index (κ3) is 6.27. The molecule has 2 atom stereocenters. The first-order valence-electron chi connectivity index (χ1n) is 6.85. The molecule has 5 nitrogen and oxygen atoms in total. The second-order valence-electron chi connectivity index (χ2n) is 4.83. The van der Waals surface area contributed by atoms with Crippen molar-refractivity contribution in [3.63, 3.8) is 0 Å². The van der Waals surface area contributed by atoms with E-state index in [2.05, 4.69) is 22.8 Å². The van der Waals surface area contributed by atoms with Gasteiger partial charge in [0.15, 0.2) is 0 Å². The molecule has 23 heavy (non-hydrogen) atoms. The number of hydrogen-bond donors (Lipinski definition) is 1. The van der Waals surface area contributed by atoms with Gasteiger partial charge < -0.3 is 9.84 Å². The number of nitrogens with zero attached hydrogens (tertiary/aromatic N) is 2. The van der Waals surface area contributed by atoms with E-state index < -0.39 is 0 Å². The third-order valence-electron chi connectivity index (χ3n) is 3.34. The van der Waals surface area contributed by atoms with Crippen LogP contribution in [0.25, 0.3) is 0 Å². The number of phenols is 1. The molecule has 0 bridgehead atoms. The molecule has 0 saturated carbocycles. The average Bonchev–Trinajstić information content (AvgIpc) is 3.16. The first-order chi connectivity index (χ1) is 10.7. The number of aliphatic imine (C=N–C) groups is 1. The van der Waals surface area contributed by atoms with Gasteiger partial charge in [-0.15, -0.1) is 29.6 Å². The number of thioether (sulfide) groups is 2. The number of carbonyl (C=O) groups is 1. The van der Waals surface area contributed by atoms with Crippen molar-refractivity contribution in [1.29, 1.82) is 0 Å². The number of hydrogen-bond acceptors (Lipinski definition) is 7. The molecule has 2 heterocycles. The van der Waals surface area contributed by atoms with Crippen LogP contribution in [0.3, 0.4) is 0 Å². The molecule has 1 N–H and O–H groups in total. The normalized spacial score (nSPS) is 23.3. The fourth-order valence-corrected chi connectivity index (χ4v) is 4.88. The summed E-state index contributed by atoms with van der Waals surface area (Å²) in [5.41, 5.74) is 0.840. The standard InChI is InChI=1S/C13H15N2OS2.C2H4O2.Cs/c1-15-6-7-17-13(15)10-8-18-12(14-10)9-4-2-3-5-11(9)16;1-4-2-3;/h2,4-5,10,13,16H,6-8H2,1H3;2H,1H3;/q-1;;+1. The van der Waals surface area contributed by atoms with Crippen LogP contribution in [0.15, 0.2) is 23.2 Å². The average molecular weight is 472 g/mol. The van der Waals surface area contributed by atoms with Crippen LogP contribution in [0.5, 0.6) is 5.75 Å². The molecular weight excluding hydrogens is 453 g/mol. The smallest absolute Gasteiger partial charge is 0.565 e. The number of carbonyl (C=O) groups excluding carboxylic acids is 1. The number of phenolic OH excluding ortho intramolecular Hbond substituents is 1. The zero-order valence-electron chi connectivity index (χ0n) is 13.6. The topological polar surface area (TPSA) is 62.1 Å². The van der Waals surface area contributed by atoms with Crippen molar-refractivity contribution < 1.29 is 83.5 Å². The van der Waals surface area contributed by atoms with Gasteiger partial charge in [0.1, 0.15) is 0 Å². The number of benzene rings is 1. The molecule has 0 radical (unpaired) electrons. The predicted octanol–water partition coefficient (Wildman–Crippen LogP) is -1.15. The van der Waals surface area contributed by atoms with E-state index in [0.29, 0.717) is 17.9 Å². The van der Waals surface area contributed by atoms with E-state index in [0.717, 1.165) is 22.9 Å². The number of aromatic hydroxyl groups is 1. The van der Waals surface area contributed by atoms with Crippen molar-refractivity contribution in [3.8, 4) is 5.75 Å². The fraction of sp³-hybridized carbons (Fsp3) is 0.467. The minimum atomic E-state index is 0. The summed E-state index contributed by atoms with van der Waals surface area (Å²) < 4.78 is 3.86. The molecule has 0 aliphatic carbocycles. The molecule has 2 aliphatic rings. The second kappa shape index (κ2) is 11.5. The minimum absolute atomic E-state index is 0. The van der Waals surface area contributed by atoms with E-state index in [1.165, 1.54) is 12.9 Å². The number of ether oxygens (including phenoxy) is 1. The zero-order chi connectivity index (χ0) is 15.9. The molecule has 2 unspecified atom stereocenters. The molecule has 0 spiro atoms. The molecule has 3 rings (SSSR count). The van der Waals surface area contributed by atoms with Crippen LogP contribution in [0.1, 0.15) is 5.56 Å². The Morgan fingerprint density at radius 3 is 2.87 bits per heavy atom. The molecule has 1 aromatic carbocycles. The van der Waals surface area contributed by atoms with Gasteiger partial charge in [-0.05, 0) is 7.05 Å². The van der Waals surface area contributed by atoms with Crippen LogP contribution in [-0.2, 0) is 9.53 Å². The Hall–Kier alpha value is 0.872. The Bertz CT molecular complexity index is 545. The van der Waals surface area contributed by atoms with E-state index in [1.54, 1.807) is 17.8 Å². The van der Waals surface area contributed by atoms with Gasteiger partial charge in [0.25, 0.3) is 6.47 Å². The van der Waals surface area contributed by atoms with Crippen LogP contribution >= 0.6 is 23.5 Å². The summed E-state index contributed by atoms with van der Waals surface area (Å²) in [6.07, 6.45) is 0. The van der Waals surface area contributed by atoms with E-state index in [9.17, 15) is 5.11 Å². The summed E-state index contributed by atoms with van der Waals surface area (Å²) in [6, 6.07) is 8.51. The first kappa shape index (κ1) is 21.9. The van der Waals surface area contributed by atoms with E-state index in [-0.39, 0.29) is 74.6 Å². The van der Waals surface area contributed by atoms with Crippen LogP contribution in [0.2, 0.25) is 0 Å². The second-order valence-corrected chi connectivity index (χ2v) is 7.06. The van der Waals surface area contributed by atoms with Gasteiger partial charge in [-0.2, -0.15) is 18.2 Å². The van der Waals surface area contributed by atoms with Gasteiger partial charge in [-0.25, -0.2) is 0 Å². The van der Waals surface area contributed by atoms with Crippen molar-refractivity contribution in [2.45, 2.75) is 11.4 Å². The van der Waals surface area contributed by atoms with Gasteiger partial charge >= 0.3 is 68.9 Å². The van der Waals surface area contributed by atoms with Crippen LogP contribution in [-0.4, -0.2) is 65.1 Å². The monoisotopic (exact) mass is 472 g/mol. The maximum absolute atomic E-state index is 9.83. The van der Waals surface area contributed by atoms with Gasteiger partial charge in [0, 0.05) is 23.8 Å². The molecule has 2 aliphatic heterocycles. The molecule has 0 aromatic heterocycles. The van der Waals surface area contributed by atoms with Crippen LogP contribution in [0.4, 0.5) is 0 Å². The van der Waals surface area contributed by atoms with Gasteiger partial charge in [0.2, 0.25) is 0 Å². The SMILES string of the molecule is CN1CCSC1C1CSC(c2cc[c-]cc2O)=N1.COC=O.[Cs+]. The molecule has 1 saturated heterocycles. The van der Waals surface area contributed by atoms with Crippen LogP contribution < -0.4 is 68.9 Å². The summed E-state index contributed by atoms with van der Waals surface area (Å²) in [5, 5.41) is 11.3. The van der Waals surface area contributed by atoms with Crippen molar-refractivity contribution in [2.75, 3.05) is 32.2 Å². The molecular formula is C15H19CsN2O3S2. The third-order valence-corrected chi connectivity index (χ3v) is 5.88. The Balaban J connectivity index is 0.000000478. The Kier molecular flexibility index (Phi) is 10.9. The number of rotatable bonds is 3. The maximum Gasteiger partial charge on any atom is 1.00 e. The quantitative estimate of drug-likeness (QED) is 0.443. The molecule has 8 heteroatoms. The van der Waals surface area contributed by atoms with Crippen molar-refractivity contribution >= 4 is 35.0 Å². The van der Waals surface area contributed by atoms with Crippen molar-refractivity contribution in [2.24, 2.45) is 4.99 Å². The Morgan fingerprint density at radius 2 is 2.30 bits per heavy atom. The first-order valence-corrected chi connectivity index (χ1v) is 8.89. The van der Waals surface area contributed by atoms with E-state index in [4.69, 9.17) is 9.79 Å².